The molecule has 28 heavy (non-hydrogen) atoms. The molecule has 0 bridgehead atoms. The van der Waals surface area contributed by atoms with Crippen LogP contribution in [0.3, 0.4) is 0 Å². The van der Waals surface area contributed by atoms with Gasteiger partial charge in [-0.3, -0.25) is 0 Å². The minimum atomic E-state index is -4.47. The molecule has 1 N–H and O–H groups in total. The van der Waals surface area contributed by atoms with Gasteiger partial charge in [0.15, 0.2) is 5.65 Å². The summed E-state index contributed by atoms with van der Waals surface area (Å²) >= 11 is 0. The highest BCUT2D eigenvalue weighted by Gasteiger charge is 2.34. The molecule has 142 valence electrons. The molecule has 0 amide bonds. The number of anilines is 1. The van der Waals surface area contributed by atoms with Crippen LogP contribution >= 0.6 is 0 Å². The molecule has 0 saturated carbocycles. The molecule has 0 atom stereocenters. The topological polar surface area (TPSA) is 68.0 Å². The fourth-order valence-electron chi connectivity index (χ4n) is 2.92. The van der Waals surface area contributed by atoms with Gasteiger partial charge in [0.25, 0.3) is 0 Å². The lowest BCUT2D eigenvalue weighted by molar-refractivity contribution is -0.137. The molecule has 1 aromatic carbocycles. The first-order valence-corrected chi connectivity index (χ1v) is 8.45. The standard InChI is InChI=1S/C19H15F3N6/c1-12-9-16-26-11-17(25-10-15-23-7-4-8-24-15)28(16)27-18(12)13-5-2-3-6-14(13)19(20,21)22/h2-9,11,25H,10H2,1H3. The molecule has 4 rings (SSSR count). The molecule has 3 heterocycles. The number of rotatable bonds is 4. The summed E-state index contributed by atoms with van der Waals surface area (Å²) in [6, 6.07) is 8.83. The number of halogens is 3. The normalized spacial score (nSPS) is 11.7. The van der Waals surface area contributed by atoms with Crippen molar-refractivity contribution in [3.8, 4) is 11.3 Å². The molecule has 0 spiro atoms. The third kappa shape index (κ3) is 3.38. The Morgan fingerprint density at radius 3 is 2.54 bits per heavy atom. The minimum absolute atomic E-state index is 0.0282. The zero-order chi connectivity index (χ0) is 19.7. The van der Waals surface area contributed by atoms with E-state index in [1.54, 1.807) is 43.7 Å². The van der Waals surface area contributed by atoms with Gasteiger partial charge < -0.3 is 5.32 Å². The van der Waals surface area contributed by atoms with Crippen molar-refractivity contribution in [2.24, 2.45) is 0 Å². The predicted molar refractivity (Wildman–Crippen MR) is 97.5 cm³/mol. The summed E-state index contributed by atoms with van der Waals surface area (Å²) in [6.07, 6.45) is 0.364. The molecule has 0 aliphatic heterocycles. The van der Waals surface area contributed by atoms with Gasteiger partial charge in [0.05, 0.1) is 24.0 Å². The highest BCUT2D eigenvalue weighted by Crippen LogP contribution is 2.37. The highest BCUT2D eigenvalue weighted by atomic mass is 19.4. The number of nitrogens with one attached hydrogen (secondary N) is 1. The second kappa shape index (κ2) is 6.91. The van der Waals surface area contributed by atoms with E-state index in [2.05, 4.69) is 25.4 Å². The maximum Gasteiger partial charge on any atom is 0.417 e. The van der Waals surface area contributed by atoms with Gasteiger partial charge in [0.2, 0.25) is 0 Å². The molecule has 3 aromatic heterocycles. The Morgan fingerprint density at radius 2 is 1.79 bits per heavy atom. The van der Waals surface area contributed by atoms with Crippen LogP contribution in [0, 0.1) is 6.92 Å². The van der Waals surface area contributed by atoms with Crippen molar-refractivity contribution in [3.63, 3.8) is 0 Å². The predicted octanol–water partition coefficient (Wildman–Crippen LogP) is 4.13. The number of benzene rings is 1. The van der Waals surface area contributed by atoms with Crippen molar-refractivity contribution in [1.29, 1.82) is 0 Å². The van der Waals surface area contributed by atoms with Gasteiger partial charge in [0, 0.05) is 18.0 Å². The van der Waals surface area contributed by atoms with E-state index < -0.39 is 11.7 Å². The van der Waals surface area contributed by atoms with Crippen molar-refractivity contribution in [2.45, 2.75) is 19.6 Å². The largest absolute Gasteiger partial charge is 0.417 e. The molecular weight excluding hydrogens is 369 g/mol. The first-order chi connectivity index (χ1) is 13.4. The summed E-state index contributed by atoms with van der Waals surface area (Å²) < 4.78 is 41.8. The lowest BCUT2D eigenvalue weighted by Gasteiger charge is -2.14. The molecule has 6 nitrogen and oxygen atoms in total. The minimum Gasteiger partial charge on any atom is -0.361 e. The fraction of sp³-hybridized carbons (Fsp3) is 0.158. The number of hydrogen-bond donors (Lipinski definition) is 1. The third-order valence-electron chi connectivity index (χ3n) is 4.22. The van der Waals surface area contributed by atoms with Crippen molar-refractivity contribution in [1.82, 2.24) is 24.6 Å². The summed E-state index contributed by atoms with van der Waals surface area (Å²) in [7, 11) is 0. The first kappa shape index (κ1) is 17.9. The van der Waals surface area contributed by atoms with E-state index >= 15 is 0 Å². The van der Waals surface area contributed by atoms with Gasteiger partial charge in [-0.25, -0.2) is 15.0 Å². The molecule has 0 radical (unpaired) electrons. The van der Waals surface area contributed by atoms with E-state index in [1.807, 2.05) is 0 Å². The zero-order valence-corrected chi connectivity index (χ0v) is 14.8. The molecule has 9 heteroatoms. The van der Waals surface area contributed by atoms with E-state index in [-0.39, 0.29) is 11.3 Å². The monoisotopic (exact) mass is 384 g/mol. The molecule has 0 saturated heterocycles. The quantitative estimate of drug-likeness (QED) is 0.573. The lowest BCUT2D eigenvalue weighted by Crippen LogP contribution is -2.10. The second-order valence-corrected chi connectivity index (χ2v) is 6.15. The average Bonchev–Trinajstić information content (AvgIpc) is 3.07. The van der Waals surface area contributed by atoms with Gasteiger partial charge in [0.1, 0.15) is 11.6 Å². The van der Waals surface area contributed by atoms with Gasteiger partial charge in [-0.15, -0.1) is 0 Å². The summed E-state index contributed by atoms with van der Waals surface area (Å²) in [6.45, 7) is 2.05. The van der Waals surface area contributed by atoms with Crippen LogP contribution in [0.1, 0.15) is 17.0 Å². The van der Waals surface area contributed by atoms with Crippen LogP contribution in [0.15, 0.2) is 55.0 Å². The zero-order valence-electron chi connectivity index (χ0n) is 14.8. The fourth-order valence-corrected chi connectivity index (χ4v) is 2.92. The first-order valence-electron chi connectivity index (χ1n) is 8.45. The molecule has 0 aliphatic carbocycles. The van der Waals surface area contributed by atoms with Crippen LogP contribution in [0.25, 0.3) is 16.9 Å². The van der Waals surface area contributed by atoms with E-state index in [1.165, 1.54) is 16.6 Å². The Hall–Kier alpha value is -3.49. The van der Waals surface area contributed by atoms with Crippen molar-refractivity contribution >= 4 is 11.5 Å². The Labute approximate surface area is 158 Å². The second-order valence-electron chi connectivity index (χ2n) is 6.15. The maximum atomic E-state index is 13.4. The van der Waals surface area contributed by atoms with Gasteiger partial charge in [-0.05, 0) is 30.7 Å². The molecule has 0 unspecified atom stereocenters. The Morgan fingerprint density at radius 1 is 1.04 bits per heavy atom. The number of imidazole rings is 1. The number of aryl methyl sites for hydroxylation is 1. The summed E-state index contributed by atoms with van der Waals surface area (Å²) in [4.78, 5) is 12.5. The highest BCUT2D eigenvalue weighted by molar-refractivity contribution is 5.69. The average molecular weight is 384 g/mol. The van der Waals surface area contributed by atoms with Crippen LogP contribution in [-0.2, 0) is 12.7 Å². The van der Waals surface area contributed by atoms with E-state index in [9.17, 15) is 13.2 Å². The van der Waals surface area contributed by atoms with E-state index in [4.69, 9.17) is 0 Å². The van der Waals surface area contributed by atoms with Crippen LogP contribution in [-0.4, -0.2) is 24.6 Å². The molecule has 0 fully saturated rings. The number of nitrogens with zero attached hydrogens (tertiary/aromatic N) is 5. The van der Waals surface area contributed by atoms with Crippen molar-refractivity contribution < 1.29 is 13.2 Å². The van der Waals surface area contributed by atoms with Crippen LogP contribution in [0.2, 0.25) is 0 Å². The SMILES string of the molecule is Cc1cc2ncc(NCc3ncccn3)n2nc1-c1ccccc1C(F)(F)F. The summed E-state index contributed by atoms with van der Waals surface area (Å²) in [5.41, 5.74) is 0.685. The van der Waals surface area contributed by atoms with Crippen LogP contribution in [0.4, 0.5) is 19.0 Å². The smallest absolute Gasteiger partial charge is 0.361 e. The van der Waals surface area contributed by atoms with Crippen LogP contribution < -0.4 is 5.32 Å². The lowest BCUT2D eigenvalue weighted by atomic mass is 10.0. The molecular formula is C19H15F3N6. The number of alkyl halides is 3. The number of fused-ring (bicyclic) bond motifs is 1. The Bertz CT molecular complexity index is 1120. The summed E-state index contributed by atoms with van der Waals surface area (Å²) in [5, 5.41) is 7.56. The van der Waals surface area contributed by atoms with Crippen LogP contribution in [0.5, 0.6) is 0 Å². The van der Waals surface area contributed by atoms with Gasteiger partial charge >= 0.3 is 6.18 Å². The third-order valence-corrected chi connectivity index (χ3v) is 4.22. The van der Waals surface area contributed by atoms with Gasteiger partial charge in [-0.2, -0.15) is 22.8 Å². The summed E-state index contributed by atoms with van der Waals surface area (Å²) in [5.74, 6) is 1.11. The van der Waals surface area contributed by atoms with Crippen molar-refractivity contribution in [3.05, 3.63) is 71.9 Å². The van der Waals surface area contributed by atoms with E-state index in [0.29, 0.717) is 29.4 Å². The number of hydrogen-bond acceptors (Lipinski definition) is 5. The Kier molecular flexibility index (Phi) is 4.42. The maximum absolute atomic E-state index is 13.4. The van der Waals surface area contributed by atoms with Crippen molar-refractivity contribution in [2.75, 3.05) is 5.32 Å². The Balaban J connectivity index is 1.76. The van der Waals surface area contributed by atoms with E-state index in [0.717, 1.165) is 6.07 Å². The number of aromatic nitrogens is 5. The molecule has 0 aliphatic rings. The van der Waals surface area contributed by atoms with Gasteiger partial charge in [-0.1, -0.05) is 18.2 Å². The molecule has 4 aromatic rings.